The van der Waals surface area contributed by atoms with Gasteiger partial charge in [-0.15, -0.1) is 0 Å². The van der Waals surface area contributed by atoms with Gasteiger partial charge in [0.2, 0.25) is 0 Å². The van der Waals surface area contributed by atoms with E-state index in [9.17, 15) is 10.1 Å². The minimum absolute atomic E-state index is 0.00874. The quantitative estimate of drug-likeness (QED) is 0.658. The van der Waals surface area contributed by atoms with Crippen LogP contribution in [0.2, 0.25) is 0 Å². The third-order valence-corrected chi connectivity index (χ3v) is 2.38. The lowest BCUT2D eigenvalue weighted by Crippen LogP contribution is -1.94. The number of hydrogen-bond acceptors (Lipinski definition) is 4. The van der Waals surface area contributed by atoms with Gasteiger partial charge in [0, 0.05) is 17.8 Å². The van der Waals surface area contributed by atoms with Crippen LogP contribution in [0.1, 0.15) is 5.56 Å². The van der Waals surface area contributed by atoms with Crippen LogP contribution in [-0.4, -0.2) is 4.92 Å². The second kappa shape index (κ2) is 4.97. The number of non-ortho nitro benzene ring substituents is 1. The van der Waals surface area contributed by atoms with E-state index in [4.69, 9.17) is 5.26 Å². The summed E-state index contributed by atoms with van der Waals surface area (Å²) in [6, 6.07) is 15.2. The summed E-state index contributed by atoms with van der Waals surface area (Å²) in [6.45, 7) is 0. The van der Waals surface area contributed by atoms with Gasteiger partial charge in [-0.1, -0.05) is 18.2 Å². The molecule has 0 fully saturated rings. The molecule has 1 N–H and O–H groups in total. The second-order valence-corrected chi connectivity index (χ2v) is 3.59. The number of hydrogen-bond donors (Lipinski definition) is 1. The number of nitrogens with zero attached hydrogens (tertiary/aromatic N) is 2. The number of nitro benzene ring substituents is 1. The summed E-state index contributed by atoms with van der Waals surface area (Å²) in [6.07, 6.45) is 0. The fourth-order valence-corrected chi connectivity index (χ4v) is 1.54. The predicted molar refractivity (Wildman–Crippen MR) is 67.5 cm³/mol. The van der Waals surface area contributed by atoms with Crippen LogP contribution in [0.25, 0.3) is 0 Å². The smallest absolute Gasteiger partial charge is 0.271 e. The SMILES string of the molecule is N#Cc1ccccc1Nc1cccc([N+](=O)[O-])c1. The van der Waals surface area contributed by atoms with E-state index in [2.05, 4.69) is 11.4 Å². The minimum Gasteiger partial charge on any atom is -0.354 e. The van der Waals surface area contributed by atoms with Crippen LogP contribution in [0, 0.1) is 21.4 Å². The summed E-state index contributed by atoms with van der Waals surface area (Å²) in [5.41, 5.74) is 1.70. The Morgan fingerprint density at radius 2 is 1.94 bits per heavy atom. The van der Waals surface area contributed by atoms with Gasteiger partial charge in [-0.2, -0.15) is 5.26 Å². The van der Waals surface area contributed by atoms with Crippen LogP contribution in [-0.2, 0) is 0 Å². The first kappa shape index (κ1) is 11.6. The number of benzene rings is 2. The highest BCUT2D eigenvalue weighted by Crippen LogP contribution is 2.23. The van der Waals surface area contributed by atoms with Crippen molar-refractivity contribution in [1.82, 2.24) is 0 Å². The first-order valence-electron chi connectivity index (χ1n) is 5.21. The zero-order valence-electron chi connectivity index (χ0n) is 9.33. The van der Waals surface area contributed by atoms with Gasteiger partial charge in [-0.25, -0.2) is 0 Å². The molecule has 0 heterocycles. The largest absolute Gasteiger partial charge is 0.354 e. The number of anilines is 2. The van der Waals surface area contributed by atoms with Crippen molar-refractivity contribution in [1.29, 1.82) is 5.26 Å². The maximum Gasteiger partial charge on any atom is 0.271 e. The molecule has 0 aromatic heterocycles. The third-order valence-electron chi connectivity index (χ3n) is 2.38. The molecule has 5 heteroatoms. The molecule has 2 rings (SSSR count). The molecule has 0 amide bonds. The van der Waals surface area contributed by atoms with E-state index in [0.29, 0.717) is 16.9 Å². The van der Waals surface area contributed by atoms with Gasteiger partial charge in [0.05, 0.1) is 16.2 Å². The Morgan fingerprint density at radius 3 is 2.67 bits per heavy atom. The lowest BCUT2D eigenvalue weighted by atomic mass is 10.2. The standard InChI is InChI=1S/C13H9N3O2/c14-9-10-4-1-2-7-13(10)15-11-5-3-6-12(8-11)16(17)18/h1-8,15H. The summed E-state index contributed by atoms with van der Waals surface area (Å²) in [5.74, 6) is 0. The molecule has 2 aromatic rings. The molecular weight excluding hydrogens is 230 g/mol. The van der Waals surface area contributed by atoms with Gasteiger partial charge >= 0.3 is 0 Å². The van der Waals surface area contributed by atoms with Crippen molar-refractivity contribution in [3.05, 3.63) is 64.2 Å². The second-order valence-electron chi connectivity index (χ2n) is 3.59. The predicted octanol–water partition coefficient (Wildman–Crippen LogP) is 3.21. The zero-order chi connectivity index (χ0) is 13.0. The van der Waals surface area contributed by atoms with E-state index in [-0.39, 0.29) is 5.69 Å². The van der Waals surface area contributed by atoms with Crippen molar-refractivity contribution < 1.29 is 4.92 Å². The first-order chi connectivity index (χ1) is 8.70. The highest BCUT2D eigenvalue weighted by Gasteiger charge is 2.06. The maximum absolute atomic E-state index is 10.7. The van der Waals surface area contributed by atoms with Crippen molar-refractivity contribution in [2.45, 2.75) is 0 Å². The van der Waals surface area contributed by atoms with Gasteiger partial charge in [0.15, 0.2) is 0 Å². The van der Waals surface area contributed by atoms with Crippen LogP contribution >= 0.6 is 0 Å². The Hall–Kier alpha value is -2.87. The normalized spacial score (nSPS) is 9.50. The van der Waals surface area contributed by atoms with E-state index in [0.717, 1.165) is 0 Å². The molecule has 0 spiro atoms. The molecule has 0 radical (unpaired) electrons. The van der Waals surface area contributed by atoms with Crippen LogP contribution < -0.4 is 5.32 Å². The van der Waals surface area contributed by atoms with Gasteiger partial charge in [-0.05, 0) is 18.2 Å². The number of para-hydroxylation sites is 1. The van der Waals surface area contributed by atoms with Crippen LogP contribution in [0.4, 0.5) is 17.1 Å². The molecular formula is C13H9N3O2. The molecule has 0 aliphatic rings. The summed E-state index contributed by atoms with van der Waals surface area (Å²) >= 11 is 0. The monoisotopic (exact) mass is 239 g/mol. The van der Waals surface area contributed by atoms with Crippen molar-refractivity contribution in [2.75, 3.05) is 5.32 Å². The molecule has 0 unspecified atom stereocenters. The Labute approximate surface area is 103 Å². The highest BCUT2D eigenvalue weighted by atomic mass is 16.6. The van der Waals surface area contributed by atoms with Crippen LogP contribution in [0.5, 0.6) is 0 Å². The average Bonchev–Trinajstić information content (AvgIpc) is 2.39. The number of nitrogens with one attached hydrogen (secondary N) is 1. The summed E-state index contributed by atoms with van der Waals surface area (Å²) < 4.78 is 0. The molecule has 0 saturated heterocycles. The van der Waals surface area contributed by atoms with Crippen molar-refractivity contribution in [3.63, 3.8) is 0 Å². The lowest BCUT2D eigenvalue weighted by Gasteiger charge is -2.07. The highest BCUT2D eigenvalue weighted by molar-refractivity contribution is 5.67. The van der Waals surface area contributed by atoms with Crippen molar-refractivity contribution >= 4 is 17.1 Å². The van der Waals surface area contributed by atoms with Gasteiger partial charge in [0.25, 0.3) is 5.69 Å². The van der Waals surface area contributed by atoms with Crippen LogP contribution in [0.15, 0.2) is 48.5 Å². The topological polar surface area (TPSA) is 79.0 Å². The van der Waals surface area contributed by atoms with Gasteiger partial charge in [0.1, 0.15) is 6.07 Å². The Morgan fingerprint density at radius 1 is 1.17 bits per heavy atom. The average molecular weight is 239 g/mol. The molecule has 18 heavy (non-hydrogen) atoms. The lowest BCUT2D eigenvalue weighted by molar-refractivity contribution is -0.384. The molecule has 0 saturated carbocycles. The van der Waals surface area contributed by atoms with Crippen LogP contribution in [0.3, 0.4) is 0 Å². The van der Waals surface area contributed by atoms with E-state index in [1.165, 1.54) is 12.1 Å². The van der Waals surface area contributed by atoms with E-state index in [1.807, 2.05) is 0 Å². The van der Waals surface area contributed by atoms with Crippen molar-refractivity contribution in [3.8, 4) is 6.07 Å². The summed E-state index contributed by atoms with van der Waals surface area (Å²) in [4.78, 5) is 10.2. The Bertz CT molecular complexity index is 632. The fourth-order valence-electron chi connectivity index (χ4n) is 1.54. The molecule has 88 valence electrons. The number of rotatable bonds is 3. The molecule has 0 aliphatic carbocycles. The third kappa shape index (κ3) is 2.44. The molecule has 0 atom stereocenters. The van der Waals surface area contributed by atoms with E-state index < -0.39 is 4.92 Å². The van der Waals surface area contributed by atoms with Gasteiger partial charge in [-0.3, -0.25) is 10.1 Å². The van der Waals surface area contributed by atoms with E-state index >= 15 is 0 Å². The first-order valence-corrected chi connectivity index (χ1v) is 5.21. The fraction of sp³-hybridized carbons (Fsp3) is 0. The summed E-state index contributed by atoms with van der Waals surface area (Å²) in [7, 11) is 0. The minimum atomic E-state index is -0.457. The van der Waals surface area contributed by atoms with E-state index in [1.54, 1.807) is 36.4 Å². The molecule has 2 aromatic carbocycles. The van der Waals surface area contributed by atoms with Gasteiger partial charge < -0.3 is 5.32 Å². The maximum atomic E-state index is 10.7. The number of nitriles is 1. The van der Waals surface area contributed by atoms with Crippen molar-refractivity contribution in [2.24, 2.45) is 0 Å². The molecule has 0 bridgehead atoms. The number of nitro groups is 1. The zero-order valence-corrected chi connectivity index (χ0v) is 9.33. The molecule has 5 nitrogen and oxygen atoms in total. The molecule has 0 aliphatic heterocycles. The Kier molecular flexibility index (Phi) is 3.21. The summed E-state index contributed by atoms with van der Waals surface area (Å²) in [5, 5.41) is 22.6. The Balaban J connectivity index is 2.32.